The summed E-state index contributed by atoms with van der Waals surface area (Å²) in [7, 11) is 3.89. The normalized spacial score (nSPS) is 17.0. The maximum Gasteiger partial charge on any atom is 0.119 e. The van der Waals surface area contributed by atoms with Gasteiger partial charge in [0.05, 0.1) is 6.61 Å². The summed E-state index contributed by atoms with van der Waals surface area (Å²) in [5, 5.41) is 0. The van der Waals surface area contributed by atoms with Gasteiger partial charge in [0.15, 0.2) is 0 Å². The second-order valence-corrected chi connectivity index (χ2v) is 5.73. The smallest absolute Gasteiger partial charge is 0.119 e. The largest absolute Gasteiger partial charge is 0.491 e. The fourth-order valence-electron chi connectivity index (χ4n) is 2.57. The van der Waals surface area contributed by atoms with E-state index in [9.17, 15) is 0 Å². The molecule has 1 aliphatic rings. The molecule has 1 fully saturated rings. The highest BCUT2D eigenvalue weighted by molar-refractivity contribution is 5.27. The molecule has 0 spiro atoms. The molecule has 0 saturated carbocycles. The fourth-order valence-corrected chi connectivity index (χ4v) is 2.57. The Labute approximate surface area is 128 Å². The van der Waals surface area contributed by atoms with Crippen molar-refractivity contribution in [2.45, 2.75) is 12.8 Å². The molecule has 1 aromatic carbocycles. The molecule has 0 aliphatic carbocycles. The fraction of sp³-hybridized carbons (Fsp3) is 0.647. The number of piperazine rings is 1. The van der Waals surface area contributed by atoms with E-state index in [1.54, 1.807) is 7.11 Å². The third-order valence-corrected chi connectivity index (χ3v) is 4.02. The Kier molecular flexibility index (Phi) is 7.00. The van der Waals surface area contributed by atoms with Crippen LogP contribution in [0.4, 0.5) is 0 Å². The number of hydrogen-bond acceptors (Lipinski definition) is 4. The molecule has 4 heteroatoms. The first kappa shape index (κ1) is 16.3. The van der Waals surface area contributed by atoms with Crippen molar-refractivity contribution in [3.05, 3.63) is 29.8 Å². The van der Waals surface area contributed by atoms with Crippen LogP contribution in [0.25, 0.3) is 0 Å². The lowest BCUT2D eigenvalue weighted by Gasteiger charge is -2.32. The van der Waals surface area contributed by atoms with Crippen molar-refractivity contribution in [3.8, 4) is 5.75 Å². The van der Waals surface area contributed by atoms with Crippen LogP contribution in [-0.4, -0.2) is 69.9 Å². The van der Waals surface area contributed by atoms with Crippen molar-refractivity contribution in [3.63, 3.8) is 0 Å². The summed E-state index contributed by atoms with van der Waals surface area (Å²) in [5.74, 6) is 0.926. The summed E-state index contributed by atoms with van der Waals surface area (Å²) in [5.41, 5.74) is 1.39. The highest BCUT2D eigenvalue weighted by Gasteiger charge is 2.12. The predicted octanol–water partition coefficient (Wildman–Crippen LogP) is 1.89. The number of nitrogens with zero attached hydrogens (tertiary/aromatic N) is 2. The minimum Gasteiger partial charge on any atom is -0.491 e. The van der Waals surface area contributed by atoms with Crippen LogP contribution in [-0.2, 0) is 11.2 Å². The zero-order chi connectivity index (χ0) is 14.9. The summed E-state index contributed by atoms with van der Waals surface area (Å²) in [4.78, 5) is 4.97. The minimum absolute atomic E-state index is 0.610. The Morgan fingerprint density at radius 3 is 2.38 bits per heavy atom. The van der Waals surface area contributed by atoms with Gasteiger partial charge >= 0.3 is 0 Å². The van der Waals surface area contributed by atoms with E-state index < -0.39 is 0 Å². The second-order valence-electron chi connectivity index (χ2n) is 5.73. The number of methoxy groups -OCH3 is 1. The number of hydrogen-bond donors (Lipinski definition) is 0. The first-order chi connectivity index (χ1) is 10.3. The maximum atomic E-state index is 5.57. The molecule has 118 valence electrons. The van der Waals surface area contributed by atoms with Gasteiger partial charge in [0.25, 0.3) is 0 Å². The molecule has 0 amide bonds. The lowest BCUT2D eigenvalue weighted by molar-refractivity contribution is 0.146. The Balaban J connectivity index is 1.64. The molecule has 1 heterocycles. The zero-order valence-corrected chi connectivity index (χ0v) is 13.4. The van der Waals surface area contributed by atoms with Gasteiger partial charge in [-0.1, -0.05) is 12.1 Å². The average Bonchev–Trinajstić information content (AvgIpc) is 2.51. The van der Waals surface area contributed by atoms with Crippen LogP contribution in [0, 0.1) is 0 Å². The van der Waals surface area contributed by atoms with Crippen molar-refractivity contribution in [1.82, 2.24) is 9.80 Å². The van der Waals surface area contributed by atoms with E-state index in [4.69, 9.17) is 9.47 Å². The molecule has 0 atom stereocenters. The van der Waals surface area contributed by atoms with E-state index in [2.05, 4.69) is 41.1 Å². The van der Waals surface area contributed by atoms with Crippen molar-refractivity contribution in [2.24, 2.45) is 0 Å². The Hall–Kier alpha value is -1.10. The van der Waals surface area contributed by atoms with Crippen molar-refractivity contribution in [2.75, 3.05) is 60.1 Å². The average molecular weight is 292 g/mol. The topological polar surface area (TPSA) is 24.9 Å². The van der Waals surface area contributed by atoms with Crippen LogP contribution < -0.4 is 4.74 Å². The van der Waals surface area contributed by atoms with E-state index in [-0.39, 0.29) is 0 Å². The molecular weight excluding hydrogens is 264 g/mol. The molecule has 2 rings (SSSR count). The van der Waals surface area contributed by atoms with E-state index in [0.29, 0.717) is 13.2 Å². The van der Waals surface area contributed by atoms with Gasteiger partial charge in [-0.3, -0.25) is 0 Å². The minimum atomic E-state index is 0.610. The highest BCUT2D eigenvalue weighted by Crippen LogP contribution is 2.13. The molecule has 0 N–H and O–H groups in total. The monoisotopic (exact) mass is 292 g/mol. The van der Waals surface area contributed by atoms with Gasteiger partial charge in [-0.05, 0) is 44.1 Å². The molecule has 0 unspecified atom stereocenters. The molecule has 1 aromatic rings. The lowest BCUT2D eigenvalue weighted by Crippen LogP contribution is -2.44. The SMILES string of the molecule is COCCOc1ccc(CCCN2CCN(C)CC2)cc1. The quantitative estimate of drug-likeness (QED) is 0.683. The van der Waals surface area contributed by atoms with Gasteiger partial charge in [-0.2, -0.15) is 0 Å². The summed E-state index contributed by atoms with van der Waals surface area (Å²) in [6.07, 6.45) is 2.37. The number of aryl methyl sites for hydroxylation is 1. The second kappa shape index (κ2) is 9.03. The number of benzene rings is 1. The number of likely N-dealkylation sites (N-methyl/N-ethyl adjacent to an activating group) is 1. The molecule has 21 heavy (non-hydrogen) atoms. The van der Waals surface area contributed by atoms with Crippen molar-refractivity contribution < 1.29 is 9.47 Å². The first-order valence-electron chi connectivity index (χ1n) is 7.89. The van der Waals surface area contributed by atoms with Gasteiger partial charge in [0, 0.05) is 33.3 Å². The van der Waals surface area contributed by atoms with E-state index in [0.717, 1.165) is 12.2 Å². The third-order valence-electron chi connectivity index (χ3n) is 4.02. The standard InChI is InChI=1S/C17H28N2O2/c1-18-10-12-19(13-11-18)9-3-4-16-5-7-17(8-6-16)21-15-14-20-2/h5-8H,3-4,9-15H2,1-2H3. The van der Waals surface area contributed by atoms with Crippen LogP contribution >= 0.6 is 0 Å². The Morgan fingerprint density at radius 1 is 1.00 bits per heavy atom. The predicted molar refractivity (Wildman–Crippen MR) is 86.1 cm³/mol. The van der Waals surface area contributed by atoms with Crippen LogP contribution in [0.2, 0.25) is 0 Å². The lowest BCUT2D eigenvalue weighted by atomic mass is 10.1. The maximum absolute atomic E-state index is 5.57. The summed E-state index contributed by atoms with van der Waals surface area (Å²) in [6, 6.07) is 8.46. The number of ether oxygens (including phenoxy) is 2. The Morgan fingerprint density at radius 2 is 1.71 bits per heavy atom. The summed E-state index contributed by atoms with van der Waals surface area (Å²) < 4.78 is 10.5. The molecule has 0 aromatic heterocycles. The Bertz CT molecular complexity index is 386. The molecule has 0 bridgehead atoms. The van der Waals surface area contributed by atoms with E-state index >= 15 is 0 Å². The third kappa shape index (κ3) is 6.04. The van der Waals surface area contributed by atoms with Gasteiger partial charge in [-0.15, -0.1) is 0 Å². The number of rotatable bonds is 8. The van der Waals surface area contributed by atoms with Gasteiger partial charge in [-0.25, -0.2) is 0 Å². The summed E-state index contributed by atoms with van der Waals surface area (Å²) >= 11 is 0. The van der Waals surface area contributed by atoms with Crippen LogP contribution in [0.5, 0.6) is 5.75 Å². The van der Waals surface area contributed by atoms with Crippen LogP contribution in [0.3, 0.4) is 0 Å². The van der Waals surface area contributed by atoms with E-state index in [1.807, 2.05) is 0 Å². The highest BCUT2D eigenvalue weighted by atomic mass is 16.5. The first-order valence-corrected chi connectivity index (χ1v) is 7.89. The molecule has 1 saturated heterocycles. The molecule has 4 nitrogen and oxygen atoms in total. The van der Waals surface area contributed by atoms with Gasteiger partial charge in [0.2, 0.25) is 0 Å². The van der Waals surface area contributed by atoms with Crippen molar-refractivity contribution >= 4 is 0 Å². The molecule has 0 radical (unpaired) electrons. The molecular formula is C17H28N2O2. The van der Waals surface area contributed by atoms with Gasteiger partial charge < -0.3 is 19.3 Å². The van der Waals surface area contributed by atoms with Crippen LogP contribution in [0.1, 0.15) is 12.0 Å². The molecule has 1 aliphatic heterocycles. The zero-order valence-electron chi connectivity index (χ0n) is 13.4. The van der Waals surface area contributed by atoms with E-state index in [1.165, 1.54) is 44.7 Å². The summed E-state index contributed by atoms with van der Waals surface area (Å²) in [6.45, 7) is 7.28. The van der Waals surface area contributed by atoms with Crippen molar-refractivity contribution in [1.29, 1.82) is 0 Å². The van der Waals surface area contributed by atoms with Crippen LogP contribution in [0.15, 0.2) is 24.3 Å². The van der Waals surface area contributed by atoms with Gasteiger partial charge in [0.1, 0.15) is 12.4 Å².